The van der Waals surface area contributed by atoms with Gasteiger partial charge in [0.1, 0.15) is 18.0 Å². The predicted molar refractivity (Wildman–Crippen MR) is 181 cm³/mol. The lowest BCUT2D eigenvalue weighted by Crippen LogP contribution is -2.43. The average Bonchev–Trinajstić information content (AvgIpc) is 3.64. The molecule has 0 aliphatic heterocycles. The summed E-state index contributed by atoms with van der Waals surface area (Å²) in [5, 5.41) is 21.4. The Morgan fingerprint density at radius 2 is 1.74 bits per heavy atom. The first-order valence-corrected chi connectivity index (χ1v) is 14.5. The number of aromatic nitrogens is 8. The number of nitrogens with one attached hydrogen (secondary N) is 1. The highest BCUT2D eigenvalue weighted by atomic mass is 35.5. The van der Waals surface area contributed by atoms with E-state index >= 15 is 0 Å². The molecule has 3 aromatic carbocycles. The maximum absolute atomic E-state index is 14.9. The summed E-state index contributed by atoms with van der Waals surface area (Å²) in [6.45, 7) is -1.14. The van der Waals surface area contributed by atoms with Gasteiger partial charge in [-0.15, -0.1) is 24.8 Å². The van der Waals surface area contributed by atoms with Crippen molar-refractivity contribution in [2.24, 2.45) is 12.8 Å². The molecule has 50 heavy (non-hydrogen) atoms. The van der Waals surface area contributed by atoms with Crippen LogP contribution in [0.4, 0.5) is 24.8 Å². The van der Waals surface area contributed by atoms with Crippen molar-refractivity contribution in [3.8, 4) is 0 Å². The van der Waals surface area contributed by atoms with Gasteiger partial charge in [-0.05, 0) is 29.8 Å². The molecule has 4 N–H and O–H groups in total. The Labute approximate surface area is 296 Å². The largest absolute Gasteiger partial charge is 0.478 e. The molecule has 0 saturated heterocycles. The van der Waals surface area contributed by atoms with E-state index in [0.717, 1.165) is 4.57 Å². The van der Waals surface area contributed by atoms with E-state index in [-0.39, 0.29) is 60.0 Å². The quantitative estimate of drug-likeness (QED) is 0.174. The third kappa shape index (κ3) is 7.35. The molecule has 6 rings (SSSR count). The summed E-state index contributed by atoms with van der Waals surface area (Å²) in [4.78, 5) is 47.0. The molecular formula is C30H26Cl3F3N10O4. The SMILES string of the molecule is Cl.Cl.Cn1cc2c(CN)c(Nc3nc(=O)n(Cc4ncnn4Cc4cccc(C(=O)O)c4)c(=O)n3Cc3cc(F)c(F)cc3F)c(Cl)cc2n1. The molecule has 0 radical (unpaired) electrons. The smallest absolute Gasteiger partial charge is 0.355 e. The van der Waals surface area contributed by atoms with Crippen molar-refractivity contribution in [3.63, 3.8) is 0 Å². The summed E-state index contributed by atoms with van der Waals surface area (Å²) in [6.07, 6.45) is 2.88. The third-order valence-electron chi connectivity index (χ3n) is 7.50. The van der Waals surface area contributed by atoms with E-state index in [9.17, 15) is 32.7 Å². The third-order valence-corrected chi connectivity index (χ3v) is 7.79. The van der Waals surface area contributed by atoms with Crippen molar-refractivity contribution >= 4 is 64.9 Å². The normalized spacial score (nSPS) is 10.9. The van der Waals surface area contributed by atoms with Gasteiger partial charge in [0.05, 0.1) is 41.4 Å². The van der Waals surface area contributed by atoms with E-state index in [4.69, 9.17) is 17.3 Å². The minimum atomic E-state index is -1.43. The Kier molecular flexibility index (Phi) is 11.4. The van der Waals surface area contributed by atoms with Crippen LogP contribution in [-0.2, 0) is 33.2 Å². The predicted octanol–water partition coefficient (Wildman–Crippen LogP) is 3.84. The number of hydrogen-bond donors (Lipinski definition) is 3. The number of fused-ring (bicyclic) bond motifs is 1. The van der Waals surface area contributed by atoms with Crippen LogP contribution in [0.2, 0.25) is 5.02 Å². The van der Waals surface area contributed by atoms with Crippen molar-refractivity contribution < 1.29 is 23.1 Å². The summed E-state index contributed by atoms with van der Waals surface area (Å²) in [5.41, 5.74) is 5.35. The van der Waals surface area contributed by atoms with E-state index in [1.807, 2.05) is 0 Å². The Balaban J connectivity index is 0.00000281. The molecule has 0 aliphatic rings. The molecule has 6 aromatic rings. The van der Waals surface area contributed by atoms with Gasteiger partial charge in [0.2, 0.25) is 5.95 Å². The fourth-order valence-corrected chi connectivity index (χ4v) is 5.46. The number of carboxylic acids is 1. The molecule has 0 atom stereocenters. The molecule has 14 nitrogen and oxygen atoms in total. The lowest BCUT2D eigenvalue weighted by Gasteiger charge is -2.18. The number of halogens is 6. The van der Waals surface area contributed by atoms with Gasteiger partial charge in [-0.3, -0.25) is 9.25 Å². The van der Waals surface area contributed by atoms with Crippen LogP contribution in [0.1, 0.15) is 32.9 Å². The summed E-state index contributed by atoms with van der Waals surface area (Å²) >= 11 is 6.57. The van der Waals surface area contributed by atoms with Gasteiger partial charge in [0.25, 0.3) is 0 Å². The Hall–Kier alpha value is -5.23. The molecule has 0 fully saturated rings. The Bertz CT molecular complexity index is 2360. The van der Waals surface area contributed by atoms with Gasteiger partial charge in [-0.2, -0.15) is 15.2 Å². The molecule has 3 aromatic heterocycles. The van der Waals surface area contributed by atoms with E-state index in [1.165, 1.54) is 29.2 Å². The number of carbonyl (C=O) groups is 1. The van der Waals surface area contributed by atoms with Gasteiger partial charge in [0.15, 0.2) is 11.6 Å². The van der Waals surface area contributed by atoms with Crippen molar-refractivity contribution in [1.82, 2.24) is 38.7 Å². The van der Waals surface area contributed by atoms with Crippen LogP contribution in [0.5, 0.6) is 0 Å². The second-order valence-corrected chi connectivity index (χ2v) is 11.1. The van der Waals surface area contributed by atoms with E-state index in [2.05, 4.69) is 25.5 Å². The lowest BCUT2D eigenvalue weighted by molar-refractivity contribution is 0.0696. The van der Waals surface area contributed by atoms with Gasteiger partial charge in [-0.25, -0.2) is 41.8 Å². The molecular weight excluding hydrogens is 728 g/mol. The highest BCUT2D eigenvalue weighted by Crippen LogP contribution is 2.34. The zero-order chi connectivity index (χ0) is 34.3. The maximum atomic E-state index is 14.9. The van der Waals surface area contributed by atoms with Crippen molar-refractivity contribution in [2.45, 2.75) is 26.2 Å². The molecule has 20 heteroatoms. The Morgan fingerprint density at radius 3 is 2.46 bits per heavy atom. The number of benzene rings is 3. The first-order valence-electron chi connectivity index (χ1n) is 14.1. The molecule has 3 heterocycles. The summed E-state index contributed by atoms with van der Waals surface area (Å²) in [6, 6.07) is 8.56. The van der Waals surface area contributed by atoms with E-state index in [1.54, 1.807) is 30.1 Å². The average molecular weight is 754 g/mol. The minimum absolute atomic E-state index is 0. The van der Waals surface area contributed by atoms with Crippen LogP contribution < -0.4 is 22.4 Å². The first-order chi connectivity index (χ1) is 22.9. The van der Waals surface area contributed by atoms with Gasteiger partial charge in [0, 0.05) is 42.4 Å². The van der Waals surface area contributed by atoms with E-state index < -0.39 is 59.4 Å². The van der Waals surface area contributed by atoms with Crippen molar-refractivity contribution in [1.29, 1.82) is 0 Å². The van der Waals surface area contributed by atoms with Gasteiger partial charge < -0.3 is 16.2 Å². The highest BCUT2D eigenvalue weighted by Gasteiger charge is 2.22. The molecule has 0 unspecified atom stereocenters. The van der Waals surface area contributed by atoms with E-state index in [0.29, 0.717) is 38.7 Å². The number of hydrogen-bond acceptors (Lipinski definition) is 9. The van der Waals surface area contributed by atoms with Crippen LogP contribution in [0.15, 0.2) is 64.6 Å². The van der Waals surface area contributed by atoms with Crippen LogP contribution in [0.3, 0.4) is 0 Å². The monoisotopic (exact) mass is 752 g/mol. The molecule has 0 aliphatic carbocycles. The molecule has 262 valence electrons. The van der Waals surface area contributed by atoms with Crippen LogP contribution >= 0.6 is 36.4 Å². The zero-order valence-electron chi connectivity index (χ0n) is 25.7. The van der Waals surface area contributed by atoms with Crippen molar-refractivity contribution in [3.05, 3.63) is 127 Å². The number of nitrogens with zero attached hydrogens (tertiary/aromatic N) is 8. The second kappa shape index (κ2) is 15.1. The second-order valence-electron chi connectivity index (χ2n) is 10.6. The number of rotatable bonds is 10. The fraction of sp³-hybridized carbons (Fsp3) is 0.167. The fourth-order valence-electron chi connectivity index (χ4n) is 5.19. The number of carboxylic acid groups (broad SMARTS) is 1. The molecule has 0 bridgehead atoms. The lowest BCUT2D eigenvalue weighted by atomic mass is 10.1. The van der Waals surface area contributed by atoms with Gasteiger partial charge in [-0.1, -0.05) is 23.7 Å². The number of anilines is 2. The number of aromatic carboxylic acids is 1. The zero-order valence-corrected chi connectivity index (χ0v) is 28.1. The molecule has 0 amide bonds. The summed E-state index contributed by atoms with van der Waals surface area (Å²) in [7, 11) is 1.70. The summed E-state index contributed by atoms with van der Waals surface area (Å²) in [5.74, 6) is -5.32. The first kappa shape index (κ1) is 37.6. The maximum Gasteiger partial charge on any atom is 0.355 e. The van der Waals surface area contributed by atoms with Gasteiger partial charge >= 0.3 is 17.3 Å². The van der Waals surface area contributed by atoms with Crippen LogP contribution in [-0.4, -0.2) is 49.7 Å². The minimum Gasteiger partial charge on any atom is -0.478 e. The van der Waals surface area contributed by atoms with Crippen LogP contribution in [0.25, 0.3) is 10.9 Å². The number of aryl methyl sites for hydroxylation is 1. The standard InChI is InChI=1S/C30H24ClF3N10O4.2ClH/c1-41-12-19-18(9-35)26(20(31)7-24(19)40-41)38-28-39-29(47)43(30(48)42(28)11-17-6-22(33)23(34)8-21(17)32)13-25-36-14-37-44(25)10-15-3-2-4-16(5-15)27(45)46;;/h2-8,12,14H,9-11,13,35H2,1H3,(H,45,46)(H,38,39,47);2*1H. The molecule has 0 saturated carbocycles. The summed E-state index contributed by atoms with van der Waals surface area (Å²) < 4.78 is 47.3. The Morgan fingerprint density at radius 1 is 1.00 bits per heavy atom. The molecule has 0 spiro atoms. The van der Waals surface area contributed by atoms with Crippen LogP contribution in [0, 0.1) is 17.5 Å². The topological polar surface area (TPSA) is 181 Å². The number of nitrogens with two attached hydrogens (primary N) is 1. The van der Waals surface area contributed by atoms with Crippen molar-refractivity contribution in [2.75, 3.05) is 5.32 Å². The highest BCUT2D eigenvalue weighted by molar-refractivity contribution is 6.34.